The van der Waals surface area contributed by atoms with Crippen LogP contribution in [0.2, 0.25) is 0 Å². The van der Waals surface area contributed by atoms with Crippen LogP contribution in [-0.4, -0.2) is 15.9 Å². The quantitative estimate of drug-likeness (QED) is 0.466. The normalized spacial score (nSPS) is 11.8. The predicted octanol–water partition coefficient (Wildman–Crippen LogP) is 2.83. The Bertz CT molecular complexity index is 427. The van der Waals surface area contributed by atoms with E-state index in [-0.39, 0.29) is 12.2 Å². The molecule has 0 aliphatic carbocycles. The van der Waals surface area contributed by atoms with Crippen LogP contribution in [0.5, 0.6) is 0 Å². The van der Waals surface area contributed by atoms with Gasteiger partial charge in [0.15, 0.2) is 17.2 Å². The van der Waals surface area contributed by atoms with E-state index >= 15 is 0 Å². The lowest BCUT2D eigenvalue weighted by atomic mass is 10.1. The first-order valence-corrected chi connectivity index (χ1v) is 5.40. The molecule has 17 heavy (non-hydrogen) atoms. The molecule has 0 bridgehead atoms. The van der Waals surface area contributed by atoms with Crippen molar-refractivity contribution in [3.63, 3.8) is 0 Å². The van der Waals surface area contributed by atoms with Crippen molar-refractivity contribution in [2.45, 2.75) is 26.2 Å². The van der Waals surface area contributed by atoms with Crippen LogP contribution in [0.15, 0.2) is 35.4 Å². The molecule has 5 nitrogen and oxygen atoms in total. The minimum absolute atomic E-state index is 0.215. The van der Waals surface area contributed by atoms with E-state index in [1.807, 2.05) is 6.92 Å². The number of rotatable bonds is 6. The van der Waals surface area contributed by atoms with Crippen LogP contribution in [0.4, 0.5) is 0 Å². The summed E-state index contributed by atoms with van der Waals surface area (Å²) in [5, 5.41) is 12.4. The average Bonchev–Trinajstić information content (AvgIpc) is 2.38. The molecule has 1 rings (SSSR count). The molecule has 90 valence electrons. The first kappa shape index (κ1) is 13.0. The van der Waals surface area contributed by atoms with Crippen LogP contribution in [-0.2, 0) is 4.79 Å². The molecule has 0 unspecified atom stereocenters. The fourth-order valence-electron chi connectivity index (χ4n) is 1.33. The van der Waals surface area contributed by atoms with Gasteiger partial charge in [0.1, 0.15) is 0 Å². The maximum Gasteiger partial charge on any atom is 0.193 e. The van der Waals surface area contributed by atoms with E-state index in [1.165, 1.54) is 24.5 Å². The molecule has 0 saturated carbocycles. The van der Waals surface area contributed by atoms with Crippen LogP contribution in [0, 0.1) is 4.91 Å². The molecular formula is C12H14N2O3. The molecule has 1 N–H and O–H groups in total. The molecule has 0 saturated heterocycles. The number of carbonyl (C=O) groups excluding carboxylic acids is 1. The smallest absolute Gasteiger partial charge is 0.193 e. The van der Waals surface area contributed by atoms with Gasteiger partial charge < -0.3 is 5.11 Å². The largest absolute Gasteiger partial charge is 0.505 e. The van der Waals surface area contributed by atoms with Crippen molar-refractivity contribution in [3.8, 4) is 0 Å². The summed E-state index contributed by atoms with van der Waals surface area (Å²) >= 11 is 0. The van der Waals surface area contributed by atoms with Gasteiger partial charge in [0.25, 0.3) is 0 Å². The molecule has 0 aliphatic heterocycles. The van der Waals surface area contributed by atoms with E-state index in [4.69, 9.17) is 0 Å². The maximum atomic E-state index is 11.6. The van der Waals surface area contributed by atoms with Crippen LogP contribution < -0.4 is 0 Å². The van der Waals surface area contributed by atoms with Crippen molar-refractivity contribution < 1.29 is 9.90 Å². The summed E-state index contributed by atoms with van der Waals surface area (Å²) in [6, 6.07) is 3.02. The number of allylic oxidation sites excluding steroid dienone is 1. The number of ketones is 1. The Labute approximate surface area is 99.2 Å². The standard InChI is InChI=1S/C12H14N2O3/c1-2-3-4-10(15)11(14-17)12(16)9-5-7-13-8-6-9/h5-8,16H,2-4H2,1H3. The number of pyridine rings is 1. The van der Waals surface area contributed by atoms with Gasteiger partial charge in [-0.1, -0.05) is 13.3 Å². The summed E-state index contributed by atoms with van der Waals surface area (Å²) in [5.74, 6) is -0.820. The lowest BCUT2D eigenvalue weighted by Gasteiger charge is -2.03. The summed E-state index contributed by atoms with van der Waals surface area (Å²) in [6.07, 6.45) is 4.65. The van der Waals surface area contributed by atoms with Gasteiger partial charge in [0, 0.05) is 24.4 Å². The van der Waals surface area contributed by atoms with Crippen LogP contribution >= 0.6 is 0 Å². The highest BCUT2D eigenvalue weighted by Gasteiger charge is 2.16. The Morgan fingerprint density at radius 1 is 1.41 bits per heavy atom. The minimum Gasteiger partial charge on any atom is -0.505 e. The number of hydrogen-bond acceptors (Lipinski definition) is 5. The third kappa shape index (κ3) is 3.48. The Morgan fingerprint density at radius 3 is 2.59 bits per heavy atom. The molecule has 1 heterocycles. The lowest BCUT2D eigenvalue weighted by molar-refractivity contribution is -0.115. The third-order valence-corrected chi connectivity index (χ3v) is 2.29. The zero-order chi connectivity index (χ0) is 12.7. The second kappa shape index (κ2) is 6.52. The molecule has 1 aromatic heterocycles. The van der Waals surface area contributed by atoms with Crippen molar-refractivity contribution in [2.24, 2.45) is 5.18 Å². The van der Waals surface area contributed by atoms with Gasteiger partial charge in [-0.25, -0.2) is 0 Å². The number of hydrogen-bond donors (Lipinski definition) is 1. The average molecular weight is 234 g/mol. The minimum atomic E-state index is -0.434. The molecule has 0 spiro atoms. The third-order valence-electron chi connectivity index (χ3n) is 2.29. The number of unbranched alkanes of at least 4 members (excludes halogenated alkanes) is 1. The molecule has 0 amide bonds. The first-order chi connectivity index (χ1) is 8.20. The van der Waals surface area contributed by atoms with Gasteiger partial charge >= 0.3 is 0 Å². The van der Waals surface area contributed by atoms with E-state index in [2.05, 4.69) is 10.2 Å². The maximum absolute atomic E-state index is 11.6. The zero-order valence-electron chi connectivity index (χ0n) is 9.59. The van der Waals surface area contributed by atoms with E-state index in [0.29, 0.717) is 12.0 Å². The highest BCUT2D eigenvalue weighted by atomic mass is 16.3. The van der Waals surface area contributed by atoms with Crippen LogP contribution in [0.1, 0.15) is 31.7 Å². The molecule has 0 radical (unpaired) electrons. The second-order valence-electron chi connectivity index (χ2n) is 3.55. The highest BCUT2D eigenvalue weighted by Crippen LogP contribution is 2.18. The number of aromatic nitrogens is 1. The van der Waals surface area contributed by atoms with E-state index in [0.717, 1.165) is 6.42 Å². The molecule has 0 aliphatic rings. The monoisotopic (exact) mass is 234 g/mol. The zero-order valence-corrected chi connectivity index (χ0v) is 9.59. The Balaban J connectivity index is 2.98. The topological polar surface area (TPSA) is 79.6 Å². The SMILES string of the molecule is CCCCC(=O)C(N=O)=C(O)c1ccncc1. The summed E-state index contributed by atoms with van der Waals surface area (Å²) in [4.78, 5) is 26.0. The van der Waals surface area contributed by atoms with Crippen molar-refractivity contribution in [3.05, 3.63) is 40.7 Å². The number of aliphatic hydroxyl groups is 1. The van der Waals surface area contributed by atoms with E-state index in [9.17, 15) is 14.8 Å². The molecule has 0 fully saturated rings. The van der Waals surface area contributed by atoms with Crippen LogP contribution in [0.25, 0.3) is 5.76 Å². The van der Waals surface area contributed by atoms with Gasteiger partial charge in [0.2, 0.25) is 0 Å². The van der Waals surface area contributed by atoms with Gasteiger partial charge in [0.05, 0.1) is 0 Å². The van der Waals surface area contributed by atoms with Crippen LogP contribution in [0.3, 0.4) is 0 Å². The second-order valence-corrected chi connectivity index (χ2v) is 3.55. The molecule has 1 aromatic rings. The fraction of sp³-hybridized carbons (Fsp3) is 0.333. The molecule has 5 heteroatoms. The first-order valence-electron chi connectivity index (χ1n) is 5.40. The van der Waals surface area contributed by atoms with Gasteiger partial charge in [-0.2, -0.15) is 0 Å². The number of Topliss-reactive ketones (excluding diaryl/α,β-unsaturated/α-hetero) is 1. The summed E-state index contributed by atoms with van der Waals surface area (Å²) < 4.78 is 0. The van der Waals surface area contributed by atoms with Crippen molar-refractivity contribution >= 4 is 11.5 Å². The van der Waals surface area contributed by atoms with Gasteiger partial charge in [-0.3, -0.25) is 9.78 Å². The van der Waals surface area contributed by atoms with Crippen molar-refractivity contribution in [1.29, 1.82) is 0 Å². The Kier molecular flexibility index (Phi) is 5.00. The predicted molar refractivity (Wildman–Crippen MR) is 64.1 cm³/mol. The summed E-state index contributed by atoms with van der Waals surface area (Å²) in [7, 11) is 0. The molecule has 0 atom stereocenters. The fourth-order valence-corrected chi connectivity index (χ4v) is 1.33. The molecular weight excluding hydrogens is 220 g/mol. The number of carbonyl (C=O) groups is 1. The summed E-state index contributed by atoms with van der Waals surface area (Å²) in [6.45, 7) is 1.94. The van der Waals surface area contributed by atoms with Gasteiger partial charge in [-0.15, -0.1) is 4.91 Å². The summed E-state index contributed by atoms with van der Waals surface area (Å²) in [5.41, 5.74) is -0.0518. The van der Waals surface area contributed by atoms with E-state index < -0.39 is 11.5 Å². The Morgan fingerprint density at radius 2 is 2.06 bits per heavy atom. The number of aliphatic hydroxyl groups excluding tert-OH is 1. The number of nitroso groups, excluding NO2 is 1. The molecule has 0 aromatic carbocycles. The van der Waals surface area contributed by atoms with E-state index in [1.54, 1.807) is 0 Å². The van der Waals surface area contributed by atoms with Crippen molar-refractivity contribution in [2.75, 3.05) is 0 Å². The van der Waals surface area contributed by atoms with Gasteiger partial charge in [-0.05, 0) is 23.7 Å². The Hall–Kier alpha value is -2.04. The number of nitrogens with zero attached hydrogens (tertiary/aromatic N) is 2. The van der Waals surface area contributed by atoms with Crippen molar-refractivity contribution in [1.82, 2.24) is 4.98 Å². The highest BCUT2D eigenvalue weighted by molar-refractivity contribution is 6.00. The lowest BCUT2D eigenvalue weighted by Crippen LogP contribution is -2.03.